The van der Waals surface area contributed by atoms with Gasteiger partial charge in [-0.3, -0.25) is 10.2 Å². The summed E-state index contributed by atoms with van der Waals surface area (Å²) in [6.45, 7) is 1.53. The first-order chi connectivity index (χ1) is 10.8. The van der Waals surface area contributed by atoms with Crippen molar-refractivity contribution >= 4 is 17.3 Å². The van der Waals surface area contributed by atoms with Crippen LogP contribution in [0.2, 0.25) is 0 Å². The minimum atomic E-state index is -0.816. The van der Waals surface area contributed by atoms with Gasteiger partial charge >= 0.3 is 0 Å². The number of primary amides is 1. The van der Waals surface area contributed by atoms with Crippen molar-refractivity contribution in [3.05, 3.63) is 76.4 Å². The lowest BCUT2D eigenvalue weighted by Crippen LogP contribution is -2.18. The number of nitrogens with one attached hydrogen (secondary N) is 1. The number of hydrogen-bond acceptors (Lipinski definition) is 3. The Morgan fingerprint density at radius 3 is 2.22 bits per heavy atom. The van der Waals surface area contributed by atoms with E-state index in [1.54, 1.807) is 0 Å². The number of nitrogens with two attached hydrogens (primary N) is 2. The Kier molecular flexibility index (Phi) is 4.55. The number of carbonyl (C=O) groups excluding carboxylic acids is 1. The standard InChI is InChI=1S/C17H15F2N3O/c1-9(15(20)10-5-7-11(18)8-6-10)16(21)14-12(17(22)23)3-2-4-13(14)19/h2-8,20H,21H2,1H3,(H2,22,23). The van der Waals surface area contributed by atoms with Gasteiger partial charge in [-0.25, -0.2) is 8.78 Å². The van der Waals surface area contributed by atoms with E-state index in [2.05, 4.69) is 0 Å². The highest BCUT2D eigenvalue weighted by Crippen LogP contribution is 2.23. The van der Waals surface area contributed by atoms with Gasteiger partial charge in [0.15, 0.2) is 0 Å². The van der Waals surface area contributed by atoms with Crippen molar-refractivity contribution in [3.63, 3.8) is 0 Å². The van der Waals surface area contributed by atoms with Crippen LogP contribution < -0.4 is 11.5 Å². The molecule has 2 rings (SSSR count). The van der Waals surface area contributed by atoms with E-state index in [9.17, 15) is 13.6 Å². The normalized spacial score (nSPS) is 11.8. The third kappa shape index (κ3) is 3.26. The van der Waals surface area contributed by atoms with Gasteiger partial charge in [-0.05, 0) is 54.5 Å². The Labute approximate surface area is 131 Å². The molecule has 118 valence electrons. The molecular formula is C17H15F2N3O. The van der Waals surface area contributed by atoms with Gasteiger partial charge in [0.25, 0.3) is 0 Å². The largest absolute Gasteiger partial charge is 0.398 e. The molecule has 5 N–H and O–H groups in total. The van der Waals surface area contributed by atoms with Gasteiger partial charge in [0.2, 0.25) is 5.91 Å². The first kappa shape index (κ1) is 16.4. The van der Waals surface area contributed by atoms with Gasteiger partial charge in [0, 0.05) is 11.3 Å². The fourth-order valence-corrected chi connectivity index (χ4v) is 2.16. The van der Waals surface area contributed by atoms with E-state index in [1.165, 1.54) is 43.3 Å². The van der Waals surface area contributed by atoms with Crippen LogP contribution in [0.15, 0.2) is 48.0 Å². The number of benzene rings is 2. The molecule has 0 aliphatic heterocycles. The molecule has 0 spiro atoms. The van der Waals surface area contributed by atoms with Gasteiger partial charge in [-0.1, -0.05) is 6.07 Å². The molecule has 0 radical (unpaired) electrons. The third-order valence-electron chi connectivity index (χ3n) is 3.46. The zero-order valence-electron chi connectivity index (χ0n) is 12.4. The van der Waals surface area contributed by atoms with Crippen LogP contribution >= 0.6 is 0 Å². The molecule has 0 unspecified atom stereocenters. The predicted molar refractivity (Wildman–Crippen MR) is 84.9 cm³/mol. The summed E-state index contributed by atoms with van der Waals surface area (Å²) >= 11 is 0. The van der Waals surface area contributed by atoms with Crippen molar-refractivity contribution in [2.45, 2.75) is 6.92 Å². The molecule has 0 saturated carbocycles. The molecule has 2 aromatic carbocycles. The van der Waals surface area contributed by atoms with E-state index >= 15 is 0 Å². The monoisotopic (exact) mass is 315 g/mol. The molecule has 0 heterocycles. The summed E-state index contributed by atoms with van der Waals surface area (Å²) in [6, 6.07) is 9.14. The Hall–Kier alpha value is -3.02. The Morgan fingerprint density at radius 2 is 1.65 bits per heavy atom. The maximum atomic E-state index is 14.1. The molecule has 0 aliphatic rings. The maximum absolute atomic E-state index is 14.1. The van der Waals surface area contributed by atoms with Gasteiger partial charge in [0.1, 0.15) is 11.6 Å². The van der Waals surface area contributed by atoms with Crippen molar-refractivity contribution in [1.82, 2.24) is 0 Å². The second kappa shape index (κ2) is 6.39. The molecule has 1 amide bonds. The average molecular weight is 315 g/mol. The number of allylic oxidation sites excluding steroid dienone is 1. The highest BCUT2D eigenvalue weighted by molar-refractivity contribution is 6.14. The van der Waals surface area contributed by atoms with Gasteiger partial charge in [0.05, 0.1) is 11.3 Å². The summed E-state index contributed by atoms with van der Waals surface area (Å²) < 4.78 is 27.1. The van der Waals surface area contributed by atoms with Crippen molar-refractivity contribution in [1.29, 1.82) is 5.41 Å². The lowest BCUT2D eigenvalue weighted by atomic mass is 9.96. The second-order valence-corrected chi connectivity index (χ2v) is 4.95. The van der Waals surface area contributed by atoms with E-state index in [1.807, 2.05) is 0 Å². The molecule has 0 saturated heterocycles. The van der Waals surface area contributed by atoms with Crippen molar-refractivity contribution in [2.75, 3.05) is 0 Å². The Balaban J connectivity index is 2.55. The first-order valence-electron chi connectivity index (χ1n) is 6.72. The number of amides is 1. The van der Waals surface area contributed by atoms with Crippen LogP contribution in [0, 0.1) is 17.0 Å². The first-order valence-corrected chi connectivity index (χ1v) is 6.72. The second-order valence-electron chi connectivity index (χ2n) is 4.95. The lowest BCUT2D eigenvalue weighted by Gasteiger charge is -2.13. The molecular weight excluding hydrogens is 300 g/mol. The summed E-state index contributed by atoms with van der Waals surface area (Å²) in [6.07, 6.45) is 0. The minimum absolute atomic E-state index is 0.00109. The molecule has 0 bridgehead atoms. The van der Waals surface area contributed by atoms with Crippen LogP contribution in [0.5, 0.6) is 0 Å². The smallest absolute Gasteiger partial charge is 0.249 e. The molecule has 0 aromatic heterocycles. The third-order valence-corrected chi connectivity index (χ3v) is 3.46. The molecule has 23 heavy (non-hydrogen) atoms. The summed E-state index contributed by atoms with van der Waals surface area (Å²) in [5.41, 5.74) is 11.6. The van der Waals surface area contributed by atoms with E-state index in [0.29, 0.717) is 5.56 Å². The minimum Gasteiger partial charge on any atom is -0.398 e. The Bertz CT molecular complexity index is 811. The molecule has 0 atom stereocenters. The number of halogens is 2. The molecule has 2 aromatic rings. The van der Waals surface area contributed by atoms with Gasteiger partial charge in [-0.15, -0.1) is 0 Å². The van der Waals surface area contributed by atoms with Crippen molar-refractivity contribution < 1.29 is 13.6 Å². The van der Waals surface area contributed by atoms with Crippen molar-refractivity contribution in [3.8, 4) is 0 Å². The van der Waals surface area contributed by atoms with Crippen LogP contribution in [0.25, 0.3) is 5.70 Å². The topological polar surface area (TPSA) is 93.0 Å². The zero-order chi connectivity index (χ0) is 17.1. The van der Waals surface area contributed by atoms with Crippen LogP contribution in [0.4, 0.5) is 8.78 Å². The zero-order valence-corrected chi connectivity index (χ0v) is 12.4. The molecule has 0 aliphatic carbocycles. The van der Waals surface area contributed by atoms with E-state index in [0.717, 1.165) is 6.07 Å². The lowest BCUT2D eigenvalue weighted by molar-refractivity contribution is 0.0999. The number of rotatable bonds is 4. The summed E-state index contributed by atoms with van der Waals surface area (Å²) in [4.78, 5) is 11.5. The number of carbonyl (C=O) groups is 1. The van der Waals surface area contributed by atoms with Gasteiger partial charge < -0.3 is 11.5 Å². The quantitative estimate of drug-likeness (QED) is 0.757. The summed E-state index contributed by atoms with van der Waals surface area (Å²) in [7, 11) is 0. The van der Waals surface area contributed by atoms with Gasteiger partial charge in [-0.2, -0.15) is 0 Å². The summed E-state index contributed by atoms with van der Waals surface area (Å²) in [5, 5.41) is 8.14. The molecule has 0 fully saturated rings. The van der Waals surface area contributed by atoms with Crippen LogP contribution in [0.3, 0.4) is 0 Å². The van der Waals surface area contributed by atoms with E-state index < -0.39 is 17.5 Å². The van der Waals surface area contributed by atoms with E-state index in [4.69, 9.17) is 16.9 Å². The molecule has 4 nitrogen and oxygen atoms in total. The molecule has 6 heteroatoms. The van der Waals surface area contributed by atoms with Crippen LogP contribution in [-0.2, 0) is 0 Å². The van der Waals surface area contributed by atoms with Crippen LogP contribution in [-0.4, -0.2) is 11.6 Å². The van der Waals surface area contributed by atoms with Crippen LogP contribution in [0.1, 0.15) is 28.4 Å². The number of hydrogen-bond donors (Lipinski definition) is 3. The predicted octanol–water partition coefficient (Wildman–Crippen LogP) is 2.82. The SMILES string of the molecule is CC(C(=N)c1ccc(F)cc1)=C(N)c1c(F)cccc1C(N)=O. The Morgan fingerprint density at radius 1 is 1.04 bits per heavy atom. The average Bonchev–Trinajstić information content (AvgIpc) is 2.53. The fraction of sp³-hybridized carbons (Fsp3) is 0.0588. The summed E-state index contributed by atoms with van der Waals surface area (Å²) in [5.74, 6) is -1.95. The van der Waals surface area contributed by atoms with Crippen molar-refractivity contribution in [2.24, 2.45) is 11.5 Å². The highest BCUT2D eigenvalue weighted by atomic mass is 19.1. The highest BCUT2D eigenvalue weighted by Gasteiger charge is 2.18. The maximum Gasteiger partial charge on any atom is 0.249 e. The van der Waals surface area contributed by atoms with E-state index in [-0.39, 0.29) is 28.1 Å². The fourth-order valence-electron chi connectivity index (χ4n) is 2.16.